The van der Waals surface area contributed by atoms with Gasteiger partial charge in [-0.05, 0) is 43.9 Å². The molecular formula is C19H24N2O2. The third kappa shape index (κ3) is 3.03. The summed E-state index contributed by atoms with van der Waals surface area (Å²) in [5.74, 6) is 0.0531. The molecule has 1 heterocycles. The minimum atomic E-state index is -0.0875. The standard InChI is InChI=1S/C19H24N2O2/c1-12-8-9-13(2)18-17(12)10-15(19(23)20-18)11-21(14(3)22)16-6-4-5-7-16/h8-10,16H,4-7,11H2,1-3H3,(H,20,23). The zero-order chi connectivity index (χ0) is 16.6. The van der Waals surface area contributed by atoms with Crippen LogP contribution in [0.25, 0.3) is 10.9 Å². The fourth-order valence-electron chi connectivity index (χ4n) is 3.63. The lowest BCUT2D eigenvalue weighted by molar-refractivity contribution is -0.131. The number of nitrogens with one attached hydrogen (secondary N) is 1. The third-order valence-electron chi connectivity index (χ3n) is 5.03. The number of aromatic nitrogens is 1. The van der Waals surface area contributed by atoms with E-state index in [1.54, 1.807) is 6.92 Å². The number of nitrogens with zero attached hydrogens (tertiary/aromatic N) is 1. The number of H-pyrrole nitrogens is 1. The summed E-state index contributed by atoms with van der Waals surface area (Å²) < 4.78 is 0. The summed E-state index contributed by atoms with van der Waals surface area (Å²) in [5, 5.41) is 1.06. The molecule has 0 saturated heterocycles. The van der Waals surface area contributed by atoms with E-state index in [0.717, 1.165) is 34.9 Å². The van der Waals surface area contributed by atoms with E-state index < -0.39 is 0 Å². The van der Waals surface area contributed by atoms with Gasteiger partial charge in [0.2, 0.25) is 5.91 Å². The second-order valence-electron chi connectivity index (χ2n) is 6.70. The monoisotopic (exact) mass is 312 g/mol. The van der Waals surface area contributed by atoms with Crippen molar-refractivity contribution in [2.75, 3.05) is 0 Å². The van der Waals surface area contributed by atoms with Gasteiger partial charge in [0, 0.05) is 23.9 Å². The van der Waals surface area contributed by atoms with E-state index >= 15 is 0 Å². The van der Waals surface area contributed by atoms with Gasteiger partial charge in [0.15, 0.2) is 0 Å². The van der Waals surface area contributed by atoms with E-state index in [9.17, 15) is 9.59 Å². The predicted octanol–water partition coefficient (Wildman–Crippen LogP) is 3.44. The maximum absolute atomic E-state index is 12.5. The molecule has 1 aromatic carbocycles. The van der Waals surface area contributed by atoms with Crippen LogP contribution in [0.5, 0.6) is 0 Å². The predicted molar refractivity (Wildman–Crippen MR) is 92.5 cm³/mol. The van der Waals surface area contributed by atoms with Gasteiger partial charge in [0.05, 0.1) is 12.1 Å². The Hall–Kier alpha value is -2.10. The molecule has 1 aliphatic carbocycles. The van der Waals surface area contributed by atoms with Crippen molar-refractivity contribution in [3.05, 3.63) is 45.2 Å². The minimum absolute atomic E-state index is 0.0531. The maximum Gasteiger partial charge on any atom is 0.253 e. The highest BCUT2D eigenvalue weighted by Gasteiger charge is 2.25. The van der Waals surface area contributed by atoms with Crippen molar-refractivity contribution in [1.82, 2.24) is 9.88 Å². The number of hydrogen-bond acceptors (Lipinski definition) is 2. The molecule has 3 rings (SSSR count). The molecule has 1 aliphatic rings. The SMILES string of the molecule is CC(=O)N(Cc1cc2c(C)ccc(C)c2[nH]c1=O)C1CCCC1. The molecule has 2 aromatic rings. The van der Waals surface area contributed by atoms with Gasteiger partial charge in [-0.15, -0.1) is 0 Å². The van der Waals surface area contributed by atoms with Crippen LogP contribution in [0.15, 0.2) is 23.0 Å². The van der Waals surface area contributed by atoms with Crippen LogP contribution in [0.1, 0.15) is 49.3 Å². The average Bonchev–Trinajstić information content (AvgIpc) is 3.03. The maximum atomic E-state index is 12.5. The van der Waals surface area contributed by atoms with Crippen LogP contribution in [0.2, 0.25) is 0 Å². The van der Waals surface area contributed by atoms with Gasteiger partial charge < -0.3 is 9.88 Å². The molecule has 1 N–H and O–H groups in total. The molecule has 1 fully saturated rings. The van der Waals surface area contributed by atoms with Gasteiger partial charge in [-0.3, -0.25) is 9.59 Å². The number of aryl methyl sites for hydroxylation is 2. The summed E-state index contributed by atoms with van der Waals surface area (Å²) in [5.41, 5.74) is 3.68. The van der Waals surface area contributed by atoms with Crippen LogP contribution in [0.4, 0.5) is 0 Å². The normalized spacial score (nSPS) is 15.3. The molecule has 122 valence electrons. The molecule has 0 spiro atoms. The number of amides is 1. The zero-order valence-electron chi connectivity index (χ0n) is 14.1. The molecule has 1 saturated carbocycles. The van der Waals surface area contributed by atoms with Gasteiger partial charge in [0.1, 0.15) is 0 Å². The number of carbonyl (C=O) groups excluding carboxylic acids is 1. The van der Waals surface area contributed by atoms with Crippen molar-refractivity contribution in [3.63, 3.8) is 0 Å². The summed E-state index contributed by atoms with van der Waals surface area (Å²) >= 11 is 0. The largest absolute Gasteiger partial charge is 0.335 e. The van der Waals surface area contributed by atoms with Crippen LogP contribution in [-0.2, 0) is 11.3 Å². The zero-order valence-corrected chi connectivity index (χ0v) is 14.1. The smallest absolute Gasteiger partial charge is 0.253 e. The first-order valence-corrected chi connectivity index (χ1v) is 8.36. The Morgan fingerprint density at radius 2 is 1.87 bits per heavy atom. The number of rotatable bonds is 3. The van der Waals surface area contributed by atoms with Crippen molar-refractivity contribution in [1.29, 1.82) is 0 Å². The summed E-state index contributed by atoms with van der Waals surface area (Å²) in [4.78, 5) is 29.4. The Morgan fingerprint density at radius 3 is 2.52 bits per heavy atom. The Kier molecular flexibility index (Phi) is 4.24. The van der Waals surface area contributed by atoms with Crippen molar-refractivity contribution in [3.8, 4) is 0 Å². The second-order valence-corrected chi connectivity index (χ2v) is 6.70. The van der Waals surface area contributed by atoms with Crippen molar-refractivity contribution in [2.45, 2.75) is 59.0 Å². The molecular weight excluding hydrogens is 288 g/mol. The van der Waals surface area contributed by atoms with E-state index in [0.29, 0.717) is 12.1 Å². The molecule has 4 nitrogen and oxygen atoms in total. The number of pyridine rings is 1. The van der Waals surface area contributed by atoms with Crippen molar-refractivity contribution in [2.24, 2.45) is 0 Å². The first-order chi connectivity index (χ1) is 11.0. The van der Waals surface area contributed by atoms with Crippen LogP contribution < -0.4 is 5.56 Å². The number of fused-ring (bicyclic) bond motifs is 1. The molecule has 0 aliphatic heterocycles. The van der Waals surface area contributed by atoms with Gasteiger partial charge in [-0.1, -0.05) is 25.0 Å². The molecule has 1 aromatic heterocycles. The highest BCUT2D eigenvalue weighted by Crippen LogP contribution is 2.26. The third-order valence-corrected chi connectivity index (χ3v) is 5.03. The van der Waals surface area contributed by atoms with Crippen LogP contribution >= 0.6 is 0 Å². The van der Waals surface area contributed by atoms with E-state index in [4.69, 9.17) is 0 Å². The fourth-order valence-corrected chi connectivity index (χ4v) is 3.63. The van der Waals surface area contributed by atoms with Crippen LogP contribution in [0.3, 0.4) is 0 Å². The average molecular weight is 312 g/mol. The van der Waals surface area contributed by atoms with Crippen LogP contribution in [0, 0.1) is 13.8 Å². The number of hydrogen-bond donors (Lipinski definition) is 1. The Balaban J connectivity index is 2.02. The van der Waals surface area contributed by atoms with Gasteiger partial charge >= 0.3 is 0 Å². The molecule has 0 atom stereocenters. The van der Waals surface area contributed by atoms with E-state index in [2.05, 4.69) is 11.1 Å². The molecule has 0 radical (unpaired) electrons. The molecule has 0 unspecified atom stereocenters. The lowest BCUT2D eigenvalue weighted by Crippen LogP contribution is -2.38. The van der Waals surface area contributed by atoms with Gasteiger partial charge in [0.25, 0.3) is 5.56 Å². The topological polar surface area (TPSA) is 53.2 Å². The Bertz CT molecular complexity index is 801. The van der Waals surface area contributed by atoms with Gasteiger partial charge in [-0.2, -0.15) is 0 Å². The molecule has 23 heavy (non-hydrogen) atoms. The first-order valence-electron chi connectivity index (χ1n) is 8.36. The summed E-state index contributed by atoms with van der Waals surface area (Å²) in [6, 6.07) is 6.33. The molecule has 4 heteroatoms. The summed E-state index contributed by atoms with van der Waals surface area (Å²) in [6.07, 6.45) is 4.42. The summed E-state index contributed by atoms with van der Waals surface area (Å²) in [6.45, 7) is 6.04. The molecule has 0 bridgehead atoms. The van der Waals surface area contributed by atoms with Gasteiger partial charge in [-0.25, -0.2) is 0 Å². The second kappa shape index (κ2) is 6.19. The highest BCUT2D eigenvalue weighted by molar-refractivity contribution is 5.85. The number of carbonyl (C=O) groups is 1. The fraction of sp³-hybridized carbons (Fsp3) is 0.474. The minimum Gasteiger partial charge on any atom is -0.335 e. The van der Waals surface area contributed by atoms with Crippen molar-refractivity contribution < 1.29 is 4.79 Å². The number of aromatic amines is 1. The van der Waals surface area contributed by atoms with E-state index in [1.165, 1.54) is 12.8 Å². The number of benzene rings is 1. The van der Waals surface area contributed by atoms with E-state index in [-0.39, 0.29) is 17.5 Å². The first kappa shape index (κ1) is 15.8. The van der Waals surface area contributed by atoms with Crippen molar-refractivity contribution >= 4 is 16.8 Å². The summed E-state index contributed by atoms with van der Waals surface area (Å²) in [7, 11) is 0. The van der Waals surface area contributed by atoms with E-state index in [1.807, 2.05) is 30.9 Å². The highest BCUT2D eigenvalue weighted by atomic mass is 16.2. The Morgan fingerprint density at radius 1 is 1.22 bits per heavy atom. The van der Waals surface area contributed by atoms with Crippen LogP contribution in [-0.4, -0.2) is 21.8 Å². The lowest BCUT2D eigenvalue weighted by atomic mass is 10.0. The quantitative estimate of drug-likeness (QED) is 0.944. The lowest BCUT2D eigenvalue weighted by Gasteiger charge is -2.27. The molecule has 1 amide bonds. The Labute approximate surface area is 136 Å².